The summed E-state index contributed by atoms with van der Waals surface area (Å²) in [4.78, 5) is 14.5. The fraction of sp³-hybridized carbons (Fsp3) is 0.300. The summed E-state index contributed by atoms with van der Waals surface area (Å²) in [6, 6.07) is 15.6. The van der Waals surface area contributed by atoms with Crippen molar-refractivity contribution in [3.8, 4) is 0 Å². The van der Waals surface area contributed by atoms with Gasteiger partial charge in [0.05, 0.1) is 15.8 Å². The minimum atomic E-state index is -3.90. The number of nitrogens with zero attached hydrogens (tertiary/aromatic N) is 2. The number of rotatable bonds is 6. The van der Waals surface area contributed by atoms with Crippen molar-refractivity contribution in [3.63, 3.8) is 0 Å². The zero-order chi connectivity index (χ0) is 19.4. The molecular weight excluding hydrogens is 380 g/mol. The molecular formula is C20H22N2O3S2. The Hall–Kier alpha value is -2.12. The van der Waals surface area contributed by atoms with E-state index in [1.165, 1.54) is 28.8 Å². The van der Waals surface area contributed by atoms with E-state index in [0.29, 0.717) is 12.1 Å². The van der Waals surface area contributed by atoms with Gasteiger partial charge in [0.2, 0.25) is 5.91 Å². The van der Waals surface area contributed by atoms with E-state index in [2.05, 4.69) is 11.3 Å². The predicted octanol–water partition coefficient (Wildman–Crippen LogP) is 4.38. The maximum Gasteiger partial charge on any atom is 0.284 e. The Kier molecular flexibility index (Phi) is 6.01. The van der Waals surface area contributed by atoms with Crippen LogP contribution in [0.15, 0.2) is 63.9 Å². The van der Waals surface area contributed by atoms with Gasteiger partial charge < -0.3 is 0 Å². The summed E-state index contributed by atoms with van der Waals surface area (Å²) in [5.74, 6) is -0.113. The van der Waals surface area contributed by atoms with Crippen LogP contribution in [0.1, 0.15) is 31.7 Å². The molecule has 0 saturated carbocycles. The molecule has 27 heavy (non-hydrogen) atoms. The van der Waals surface area contributed by atoms with Gasteiger partial charge in [-0.15, -0.1) is 4.40 Å². The van der Waals surface area contributed by atoms with E-state index in [1.54, 1.807) is 24.3 Å². The van der Waals surface area contributed by atoms with Gasteiger partial charge >= 0.3 is 0 Å². The number of amidine groups is 1. The molecule has 142 valence electrons. The maximum absolute atomic E-state index is 12.9. The number of hydrogen-bond donors (Lipinski definition) is 0. The lowest BCUT2D eigenvalue weighted by Crippen LogP contribution is -2.32. The van der Waals surface area contributed by atoms with Crippen LogP contribution in [0.3, 0.4) is 0 Å². The van der Waals surface area contributed by atoms with E-state index in [9.17, 15) is 13.2 Å². The molecule has 0 bridgehead atoms. The first-order valence-electron chi connectivity index (χ1n) is 8.89. The van der Waals surface area contributed by atoms with Crippen LogP contribution in [0.5, 0.6) is 0 Å². The third-order valence-electron chi connectivity index (χ3n) is 4.29. The molecule has 0 radical (unpaired) electrons. The third-order valence-corrected chi connectivity index (χ3v) is 6.89. The number of para-hydroxylation sites is 1. The molecule has 7 heteroatoms. The number of thioether (sulfide) groups is 1. The molecule has 2 aromatic carbocycles. The number of anilines is 1. The Balaban J connectivity index is 2.00. The summed E-state index contributed by atoms with van der Waals surface area (Å²) in [7, 11) is -3.90. The highest BCUT2D eigenvalue weighted by Crippen LogP contribution is 2.35. The lowest BCUT2D eigenvalue weighted by molar-refractivity contribution is -0.117. The number of aryl methyl sites for hydroxylation is 1. The number of carbonyl (C=O) groups excluding carboxylic acids is 1. The summed E-state index contributed by atoms with van der Waals surface area (Å²) < 4.78 is 29.6. The van der Waals surface area contributed by atoms with Crippen molar-refractivity contribution in [3.05, 3.63) is 60.2 Å². The van der Waals surface area contributed by atoms with Crippen molar-refractivity contribution in [2.45, 2.75) is 43.3 Å². The monoisotopic (exact) mass is 402 g/mol. The number of amides is 1. The fourth-order valence-electron chi connectivity index (χ4n) is 2.78. The SMILES string of the molecule is CCCC[C@H]1SC(=NS(=O)(=O)c2ccc(C)cc2)N(c2ccccc2)C1=O. The lowest BCUT2D eigenvalue weighted by Gasteiger charge is -2.16. The van der Waals surface area contributed by atoms with Gasteiger partial charge in [0.25, 0.3) is 10.0 Å². The van der Waals surface area contributed by atoms with Crippen LogP contribution in [0.25, 0.3) is 0 Å². The number of sulfonamides is 1. The van der Waals surface area contributed by atoms with Crippen LogP contribution >= 0.6 is 11.8 Å². The summed E-state index contributed by atoms with van der Waals surface area (Å²) in [6.45, 7) is 3.96. The molecule has 0 unspecified atom stereocenters. The number of unbranched alkanes of at least 4 members (excludes halogenated alkanes) is 1. The van der Waals surface area contributed by atoms with E-state index in [0.717, 1.165) is 18.4 Å². The van der Waals surface area contributed by atoms with E-state index < -0.39 is 10.0 Å². The van der Waals surface area contributed by atoms with Crippen molar-refractivity contribution in [2.75, 3.05) is 4.90 Å². The molecule has 1 aliphatic rings. The minimum absolute atomic E-state index is 0.113. The molecule has 1 saturated heterocycles. The van der Waals surface area contributed by atoms with Crippen molar-refractivity contribution < 1.29 is 13.2 Å². The Morgan fingerprint density at radius 3 is 2.37 bits per heavy atom. The first-order valence-corrected chi connectivity index (χ1v) is 11.2. The average Bonchev–Trinajstić information content (AvgIpc) is 2.95. The van der Waals surface area contributed by atoms with E-state index in [1.807, 2.05) is 25.1 Å². The summed E-state index contributed by atoms with van der Waals surface area (Å²) in [6.07, 6.45) is 2.58. The van der Waals surface area contributed by atoms with Crippen LogP contribution in [-0.2, 0) is 14.8 Å². The highest BCUT2D eigenvalue weighted by Gasteiger charge is 2.39. The Morgan fingerprint density at radius 2 is 1.74 bits per heavy atom. The Bertz CT molecular complexity index is 939. The molecule has 3 rings (SSSR count). The highest BCUT2D eigenvalue weighted by molar-refractivity contribution is 8.16. The molecule has 1 atom stereocenters. The normalized spacial score (nSPS) is 19.0. The van der Waals surface area contributed by atoms with Gasteiger partial charge in [-0.2, -0.15) is 8.42 Å². The smallest absolute Gasteiger partial charge is 0.273 e. The van der Waals surface area contributed by atoms with Gasteiger partial charge in [-0.3, -0.25) is 9.69 Å². The zero-order valence-electron chi connectivity index (χ0n) is 15.3. The Labute approximate surface area is 164 Å². The van der Waals surface area contributed by atoms with Gasteiger partial charge in [-0.25, -0.2) is 0 Å². The third kappa shape index (κ3) is 4.42. The molecule has 1 aliphatic heterocycles. The summed E-state index contributed by atoms with van der Waals surface area (Å²) in [5.41, 5.74) is 1.60. The number of benzene rings is 2. The van der Waals surface area contributed by atoms with E-state index in [-0.39, 0.29) is 21.2 Å². The van der Waals surface area contributed by atoms with E-state index >= 15 is 0 Å². The molecule has 0 spiro atoms. The summed E-state index contributed by atoms with van der Waals surface area (Å²) >= 11 is 1.23. The fourth-order valence-corrected chi connectivity index (χ4v) is 5.17. The lowest BCUT2D eigenvalue weighted by atomic mass is 10.2. The van der Waals surface area contributed by atoms with Crippen LogP contribution in [0.2, 0.25) is 0 Å². The topological polar surface area (TPSA) is 66.8 Å². The van der Waals surface area contributed by atoms with Crippen molar-refractivity contribution >= 4 is 38.5 Å². The average molecular weight is 403 g/mol. The molecule has 1 amide bonds. The molecule has 0 N–H and O–H groups in total. The Morgan fingerprint density at radius 1 is 1.07 bits per heavy atom. The second-order valence-electron chi connectivity index (χ2n) is 6.42. The molecule has 0 aliphatic carbocycles. The second kappa shape index (κ2) is 8.27. The van der Waals surface area contributed by atoms with Crippen LogP contribution < -0.4 is 4.90 Å². The van der Waals surface area contributed by atoms with Crippen LogP contribution in [-0.4, -0.2) is 24.7 Å². The van der Waals surface area contributed by atoms with Gasteiger partial charge in [-0.1, -0.05) is 67.4 Å². The summed E-state index contributed by atoms with van der Waals surface area (Å²) in [5, 5.41) is -0.0926. The molecule has 1 fully saturated rings. The van der Waals surface area contributed by atoms with E-state index in [4.69, 9.17) is 0 Å². The predicted molar refractivity (Wildman–Crippen MR) is 111 cm³/mol. The van der Waals surface area contributed by atoms with Gasteiger partial charge in [0.15, 0.2) is 5.17 Å². The largest absolute Gasteiger partial charge is 0.284 e. The van der Waals surface area contributed by atoms with Crippen LogP contribution in [0, 0.1) is 6.92 Å². The van der Waals surface area contributed by atoms with Crippen molar-refractivity contribution in [2.24, 2.45) is 4.40 Å². The standard InChI is InChI=1S/C20H22N2O3S2/c1-3-4-10-18-19(23)22(16-8-6-5-7-9-16)20(26-18)21-27(24,25)17-13-11-15(2)12-14-17/h5-9,11-14,18H,3-4,10H2,1-2H3/t18-/m1/s1. The van der Waals surface area contributed by atoms with Crippen molar-refractivity contribution in [1.29, 1.82) is 0 Å². The first-order chi connectivity index (χ1) is 12.9. The minimum Gasteiger partial charge on any atom is -0.273 e. The molecule has 5 nitrogen and oxygen atoms in total. The quantitative estimate of drug-likeness (QED) is 0.719. The maximum atomic E-state index is 12.9. The molecule has 2 aromatic rings. The van der Waals surface area contributed by atoms with Gasteiger partial charge in [0, 0.05) is 0 Å². The number of carbonyl (C=O) groups is 1. The second-order valence-corrected chi connectivity index (χ2v) is 9.19. The van der Waals surface area contributed by atoms with Crippen molar-refractivity contribution in [1.82, 2.24) is 0 Å². The number of hydrogen-bond acceptors (Lipinski definition) is 4. The zero-order valence-corrected chi connectivity index (χ0v) is 17.0. The molecule has 0 aromatic heterocycles. The van der Waals surface area contributed by atoms with Gasteiger partial charge in [-0.05, 0) is 37.6 Å². The molecule has 1 heterocycles. The first kappa shape index (κ1) is 19.6. The highest BCUT2D eigenvalue weighted by atomic mass is 32.2. The van der Waals surface area contributed by atoms with Gasteiger partial charge in [0.1, 0.15) is 0 Å². The van der Waals surface area contributed by atoms with Crippen LogP contribution in [0.4, 0.5) is 5.69 Å².